The molecular formula is C12H25ClN2O4S. The van der Waals surface area contributed by atoms with E-state index >= 15 is 0 Å². The van der Waals surface area contributed by atoms with Crippen LogP contribution in [0, 0.1) is 0 Å². The van der Waals surface area contributed by atoms with Crippen LogP contribution >= 0.6 is 24.2 Å². The van der Waals surface area contributed by atoms with Gasteiger partial charge in [0.25, 0.3) is 5.91 Å². The number of nitrogens with two attached hydrogens (primary N) is 1. The van der Waals surface area contributed by atoms with Crippen LogP contribution in [0.2, 0.25) is 0 Å². The largest absolute Gasteiger partial charge is 0.464 e. The van der Waals surface area contributed by atoms with Gasteiger partial charge in [-0.25, -0.2) is 4.79 Å². The first-order valence-corrected chi connectivity index (χ1v) is 7.57. The van der Waals surface area contributed by atoms with E-state index in [1.165, 1.54) is 6.92 Å². The summed E-state index contributed by atoms with van der Waals surface area (Å²) in [6.07, 6.45) is -0.768. The van der Waals surface area contributed by atoms with Gasteiger partial charge in [0.1, 0.15) is 12.1 Å². The lowest BCUT2D eigenvalue weighted by molar-refractivity contribution is -0.148. The normalized spacial score (nSPS) is 14.7. The van der Waals surface area contributed by atoms with Gasteiger partial charge in [0.2, 0.25) is 0 Å². The molecule has 0 aliphatic carbocycles. The number of nitrogens with one attached hydrogen (secondary N) is 1. The molecule has 1 amide bonds. The molecule has 0 heterocycles. The molecule has 4 N–H and O–H groups in total. The summed E-state index contributed by atoms with van der Waals surface area (Å²) in [4.78, 5) is 23.0. The fourth-order valence-corrected chi connectivity index (χ4v) is 2.07. The van der Waals surface area contributed by atoms with Crippen LogP contribution < -0.4 is 11.1 Å². The second-order valence-corrected chi connectivity index (χ2v) is 5.47. The molecule has 0 aliphatic rings. The Bertz CT molecular complexity index is 295. The zero-order valence-electron chi connectivity index (χ0n) is 12.1. The Hall–Kier alpha value is -0.500. The Morgan fingerprint density at radius 2 is 2.00 bits per heavy atom. The monoisotopic (exact) mass is 328 g/mol. The first kappa shape index (κ1) is 21.8. The minimum absolute atomic E-state index is 0. The quantitative estimate of drug-likeness (QED) is 0.416. The Morgan fingerprint density at radius 3 is 2.50 bits per heavy atom. The van der Waals surface area contributed by atoms with Crippen LogP contribution in [0.3, 0.4) is 0 Å². The molecule has 3 atom stereocenters. The minimum atomic E-state index is -1.31. The van der Waals surface area contributed by atoms with Gasteiger partial charge < -0.3 is 20.9 Å². The lowest BCUT2D eigenvalue weighted by Crippen LogP contribution is -2.50. The first-order chi connectivity index (χ1) is 8.93. The van der Waals surface area contributed by atoms with Gasteiger partial charge in [-0.3, -0.25) is 4.79 Å². The summed E-state index contributed by atoms with van der Waals surface area (Å²) in [5.41, 5.74) is 5.73. The van der Waals surface area contributed by atoms with Crippen molar-refractivity contribution >= 4 is 36.0 Å². The van der Waals surface area contributed by atoms with Crippen LogP contribution in [0.1, 0.15) is 27.2 Å². The number of halogens is 1. The van der Waals surface area contributed by atoms with Gasteiger partial charge in [0, 0.05) is 6.04 Å². The first-order valence-electron chi connectivity index (χ1n) is 6.42. The highest BCUT2D eigenvalue weighted by atomic mass is 35.5. The number of ether oxygens (including phenoxy) is 1. The van der Waals surface area contributed by atoms with E-state index in [4.69, 9.17) is 10.5 Å². The van der Waals surface area contributed by atoms with Gasteiger partial charge in [-0.2, -0.15) is 11.8 Å². The molecule has 0 aromatic carbocycles. The van der Waals surface area contributed by atoms with Crippen molar-refractivity contribution in [3.05, 3.63) is 0 Å². The van der Waals surface area contributed by atoms with Crippen molar-refractivity contribution in [2.24, 2.45) is 5.73 Å². The van der Waals surface area contributed by atoms with E-state index in [0.29, 0.717) is 6.42 Å². The third-order valence-electron chi connectivity index (χ3n) is 2.47. The number of hydrogen-bond acceptors (Lipinski definition) is 6. The smallest absolute Gasteiger partial charge is 0.328 e. The van der Waals surface area contributed by atoms with Gasteiger partial charge in [-0.1, -0.05) is 6.92 Å². The Labute approximate surface area is 130 Å². The number of carbonyl (C=O) groups is 2. The molecule has 0 saturated heterocycles. The standard InChI is InChI=1S/C12H24N2O4S.ClH/c1-4-18-12(17)8(3)14-11(16)10(15)9(13)6-7-19-5-2;/h8-10,15H,4-7,13H2,1-3H3,(H,14,16);1H/t8-,9+,10?;/m0./s1. The number of amides is 1. The molecule has 0 fully saturated rings. The van der Waals surface area contributed by atoms with Crippen molar-refractivity contribution in [3.63, 3.8) is 0 Å². The molecule has 0 aromatic rings. The maximum atomic E-state index is 11.7. The SMILES string of the molecule is CCOC(=O)[C@H](C)NC(=O)C(O)[C@H](N)CCSCC.Cl. The predicted molar refractivity (Wildman–Crippen MR) is 83.1 cm³/mol. The average molecular weight is 329 g/mol. The molecule has 0 bridgehead atoms. The zero-order valence-corrected chi connectivity index (χ0v) is 13.8. The fraction of sp³-hybridized carbons (Fsp3) is 0.833. The van der Waals surface area contributed by atoms with Gasteiger partial charge in [0.15, 0.2) is 0 Å². The summed E-state index contributed by atoms with van der Waals surface area (Å²) < 4.78 is 4.75. The van der Waals surface area contributed by atoms with Crippen LogP contribution in [-0.4, -0.2) is 53.3 Å². The molecule has 6 nitrogen and oxygen atoms in total. The molecule has 1 unspecified atom stereocenters. The molecule has 0 aromatic heterocycles. The lowest BCUT2D eigenvalue weighted by Gasteiger charge is -2.20. The van der Waals surface area contributed by atoms with E-state index in [9.17, 15) is 14.7 Å². The molecule has 0 aliphatic heterocycles. The second kappa shape index (κ2) is 12.3. The summed E-state index contributed by atoms with van der Waals surface area (Å²) in [5, 5.41) is 12.1. The number of aliphatic hydroxyl groups is 1. The van der Waals surface area contributed by atoms with E-state index in [1.54, 1.807) is 18.7 Å². The van der Waals surface area contributed by atoms with E-state index < -0.39 is 30.1 Å². The van der Waals surface area contributed by atoms with Crippen molar-refractivity contribution in [1.82, 2.24) is 5.32 Å². The van der Waals surface area contributed by atoms with E-state index in [2.05, 4.69) is 5.32 Å². The molecular weight excluding hydrogens is 304 g/mol. The van der Waals surface area contributed by atoms with E-state index in [1.807, 2.05) is 6.92 Å². The number of esters is 1. The lowest BCUT2D eigenvalue weighted by atomic mass is 10.1. The number of hydrogen-bond donors (Lipinski definition) is 3. The fourth-order valence-electron chi connectivity index (χ4n) is 1.34. The number of carbonyl (C=O) groups excluding carboxylic acids is 2. The third-order valence-corrected chi connectivity index (χ3v) is 3.41. The maximum absolute atomic E-state index is 11.7. The van der Waals surface area contributed by atoms with Crippen LogP contribution in [0.15, 0.2) is 0 Å². The highest BCUT2D eigenvalue weighted by Crippen LogP contribution is 2.06. The van der Waals surface area contributed by atoms with E-state index in [0.717, 1.165) is 11.5 Å². The van der Waals surface area contributed by atoms with E-state index in [-0.39, 0.29) is 19.0 Å². The van der Waals surface area contributed by atoms with Crippen LogP contribution in [-0.2, 0) is 14.3 Å². The second-order valence-electron chi connectivity index (χ2n) is 4.08. The molecule has 20 heavy (non-hydrogen) atoms. The summed E-state index contributed by atoms with van der Waals surface area (Å²) in [7, 11) is 0. The average Bonchev–Trinajstić information content (AvgIpc) is 2.38. The summed E-state index contributed by atoms with van der Waals surface area (Å²) >= 11 is 1.69. The Balaban J connectivity index is 0. The van der Waals surface area contributed by atoms with Crippen LogP contribution in [0.25, 0.3) is 0 Å². The summed E-state index contributed by atoms with van der Waals surface area (Å²) in [5.74, 6) is 0.581. The van der Waals surface area contributed by atoms with Crippen molar-refractivity contribution < 1.29 is 19.4 Å². The van der Waals surface area contributed by atoms with Crippen molar-refractivity contribution in [3.8, 4) is 0 Å². The van der Waals surface area contributed by atoms with Crippen LogP contribution in [0.5, 0.6) is 0 Å². The third kappa shape index (κ3) is 8.63. The molecule has 0 saturated carbocycles. The van der Waals surface area contributed by atoms with Crippen LogP contribution in [0.4, 0.5) is 0 Å². The minimum Gasteiger partial charge on any atom is -0.464 e. The Morgan fingerprint density at radius 1 is 1.40 bits per heavy atom. The van der Waals surface area contributed by atoms with Crippen molar-refractivity contribution in [2.45, 2.75) is 45.4 Å². The molecule has 8 heteroatoms. The predicted octanol–water partition coefficient (Wildman–Crippen LogP) is 0.307. The van der Waals surface area contributed by atoms with Gasteiger partial charge in [0.05, 0.1) is 6.61 Å². The number of rotatable bonds is 9. The highest BCUT2D eigenvalue weighted by Gasteiger charge is 2.26. The molecule has 0 spiro atoms. The van der Waals surface area contributed by atoms with Gasteiger partial charge >= 0.3 is 5.97 Å². The van der Waals surface area contributed by atoms with Gasteiger partial charge in [-0.05, 0) is 31.8 Å². The summed E-state index contributed by atoms with van der Waals surface area (Å²) in [6, 6.07) is -1.42. The molecule has 120 valence electrons. The van der Waals surface area contributed by atoms with Gasteiger partial charge in [-0.15, -0.1) is 12.4 Å². The number of thioether (sulfide) groups is 1. The summed E-state index contributed by atoms with van der Waals surface area (Å²) in [6.45, 7) is 5.46. The maximum Gasteiger partial charge on any atom is 0.328 e. The zero-order chi connectivity index (χ0) is 14.8. The number of aliphatic hydroxyl groups excluding tert-OH is 1. The van der Waals surface area contributed by atoms with Crippen molar-refractivity contribution in [2.75, 3.05) is 18.1 Å². The molecule has 0 rings (SSSR count). The highest BCUT2D eigenvalue weighted by molar-refractivity contribution is 7.99. The Kier molecular flexibility index (Phi) is 13.4. The molecule has 0 radical (unpaired) electrons. The van der Waals surface area contributed by atoms with Crippen molar-refractivity contribution in [1.29, 1.82) is 0 Å². The topological polar surface area (TPSA) is 102 Å².